The average Bonchev–Trinajstić information content (AvgIpc) is 2.99. The number of halogens is 1. The molecule has 0 radical (unpaired) electrons. The van der Waals surface area contributed by atoms with Gasteiger partial charge in [-0.3, -0.25) is 9.59 Å². The summed E-state index contributed by atoms with van der Waals surface area (Å²) in [6.07, 6.45) is 1.18. The number of aryl methyl sites for hydroxylation is 2. The van der Waals surface area contributed by atoms with Crippen LogP contribution in [0.5, 0.6) is 0 Å². The number of rotatable bonds is 2. The van der Waals surface area contributed by atoms with Crippen LogP contribution in [0.2, 0.25) is 5.02 Å². The van der Waals surface area contributed by atoms with E-state index in [1.165, 1.54) is 17.6 Å². The van der Waals surface area contributed by atoms with Crippen LogP contribution < -0.4 is 10.2 Å². The maximum absolute atomic E-state index is 12.7. The lowest BCUT2D eigenvalue weighted by Gasteiger charge is -2.04. The molecule has 1 amide bonds. The molecule has 0 atom stereocenters. The predicted molar refractivity (Wildman–Crippen MR) is 108 cm³/mol. The SMILES string of the molecule is CCn1c(=NC(=O)c2coc3ccccc3c2=O)sc2cc(Cl)cc(C)c21. The zero-order valence-corrected chi connectivity index (χ0v) is 16.2. The average molecular weight is 399 g/mol. The van der Waals surface area contributed by atoms with Gasteiger partial charge in [0, 0.05) is 11.6 Å². The van der Waals surface area contributed by atoms with Crippen LogP contribution in [0.25, 0.3) is 21.2 Å². The highest BCUT2D eigenvalue weighted by Gasteiger charge is 2.15. The molecular formula is C20H15ClN2O3S. The summed E-state index contributed by atoms with van der Waals surface area (Å²) in [6.45, 7) is 4.59. The van der Waals surface area contributed by atoms with Crippen LogP contribution >= 0.6 is 22.9 Å². The predicted octanol–water partition coefficient (Wildman–Crippen LogP) is 4.53. The van der Waals surface area contributed by atoms with Gasteiger partial charge in [-0.25, -0.2) is 0 Å². The summed E-state index contributed by atoms with van der Waals surface area (Å²) in [6, 6.07) is 10.6. The van der Waals surface area contributed by atoms with Gasteiger partial charge in [0.25, 0.3) is 5.91 Å². The largest absolute Gasteiger partial charge is 0.463 e. The Hall–Kier alpha value is -2.70. The number of fused-ring (bicyclic) bond motifs is 2. The summed E-state index contributed by atoms with van der Waals surface area (Å²) in [5.74, 6) is -0.619. The van der Waals surface area contributed by atoms with Gasteiger partial charge in [-0.1, -0.05) is 35.1 Å². The van der Waals surface area contributed by atoms with Gasteiger partial charge < -0.3 is 8.98 Å². The fraction of sp³-hybridized carbons (Fsp3) is 0.150. The smallest absolute Gasteiger partial charge is 0.286 e. The summed E-state index contributed by atoms with van der Waals surface area (Å²) in [7, 11) is 0. The van der Waals surface area contributed by atoms with Crippen LogP contribution in [0.15, 0.2) is 56.9 Å². The lowest BCUT2D eigenvalue weighted by Crippen LogP contribution is -2.19. The minimum Gasteiger partial charge on any atom is -0.463 e. The molecule has 136 valence electrons. The van der Waals surface area contributed by atoms with Gasteiger partial charge in [-0.15, -0.1) is 0 Å². The first-order valence-electron chi connectivity index (χ1n) is 8.38. The number of nitrogens with zero attached hydrogens (tertiary/aromatic N) is 2. The number of thiazole rings is 1. The molecule has 5 nitrogen and oxygen atoms in total. The van der Waals surface area contributed by atoms with E-state index in [-0.39, 0.29) is 11.0 Å². The van der Waals surface area contributed by atoms with Crippen molar-refractivity contribution in [3.8, 4) is 0 Å². The molecule has 4 aromatic rings. The number of amides is 1. The van der Waals surface area contributed by atoms with Crippen LogP contribution in [-0.2, 0) is 6.54 Å². The van der Waals surface area contributed by atoms with Crippen molar-refractivity contribution in [3.05, 3.63) is 73.8 Å². The van der Waals surface area contributed by atoms with Gasteiger partial charge in [0.1, 0.15) is 17.4 Å². The first-order chi connectivity index (χ1) is 13.0. The number of para-hydroxylation sites is 1. The summed E-state index contributed by atoms with van der Waals surface area (Å²) in [5, 5.41) is 0.999. The van der Waals surface area contributed by atoms with Crippen LogP contribution in [0.3, 0.4) is 0 Å². The quantitative estimate of drug-likeness (QED) is 0.498. The van der Waals surface area contributed by atoms with E-state index in [1.54, 1.807) is 24.3 Å². The Bertz CT molecular complexity index is 1330. The Kier molecular flexibility index (Phi) is 4.45. The van der Waals surface area contributed by atoms with Crippen molar-refractivity contribution in [1.82, 2.24) is 4.57 Å². The third kappa shape index (κ3) is 3.01. The number of carbonyl (C=O) groups is 1. The summed E-state index contributed by atoms with van der Waals surface area (Å²) in [5.41, 5.74) is 1.98. The fourth-order valence-electron chi connectivity index (χ4n) is 3.13. The molecule has 0 aliphatic carbocycles. The number of benzene rings is 2. The Labute approximate surface area is 163 Å². The second-order valence-corrected chi connectivity index (χ2v) is 7.54. The molecule has 2 aromatic heterocycles. The van der Waals surface area contributed by atoms with Gasteiger partial charge in [-0.05, 0) is 43.7 Å². The number of carbonyl (C=O) groups excluding carboxylic acids is 1. The highest BCUT2D eigenvalue weighted by molar-refractivity contribution is 7.16. The molecule has 27 heavy (non-hydrogen) atoms. The van der Waals surface area contributed by atoms with Crippen molar-refractivity contribution >= 4 is 50.0 Å². The van der Waals surface area contributed by atoms with E-state index in [9.17, 15) is 9.59 Å². The Morgan fingerprint density at radius 2 is 2.07 bits per heavy atom. The van der Waals surface area contributed by atoms with Gasteiger partial charge in [0.15, 0.2) is 4.80 Å². The third-order valence-corrected chi connectivity index (χ3v) is 5.60. The number of aromatic nitrogens is 1. The molecule has 0 saturated heterocycles. The number of hydrogen-bond acceptors (Lipinski definition) is 4. The molecule has 0 aliphatic heterocycles. The lowest BCUT2D eigenvalue weighted by molar-refractivity contribution is 0.0995. The van der Waals surface area contributed by atoms with E-state index < -0.39 is 5.91 Å². The molecule has 0 aliphatic rings. The summed E-state index contributed by atoms with van der Waals surface area (Å²) < 4.78 is 8.33. The van der Waals surface area contributed by atoms with Crippen molar-refractivity contribution < 1.29 is 9.21 Å². The molecule has 7 heteroatoms. The van der Waals surface area contributed by atoms with E-state index in [0.717, 1.165) is 15.8 Å². The van der Waals surface area contributed by atoms with Crippen molar-refractivity contribution in [3.63, 3.8) is 0 Å². The highest BCUT2D eigenvalue weighted by atomic mass is 35.5. The van der Waals surface area contributed by atoms with E-state index in [1.807, 2.05) is 30.5 Å². The molecule has 0 unspecified atom stereocenters. The lowest BCUT2D eigenvalue weighted by atomic mass is 10.1. The van der Waals surface area contributed by atoms with Crippen molar-refractivity contribution in [2.45, 2.75) is 20.4 Å². The monoisotopic (exact) mass is 398 g/mol. The van der Waals surface area contributed by atoms with E-state index in [0.29, 0.717) is 27.3 Å². The first kappa shape index (κ1) is 17.7. The maximum Gasteiger partial charge on any atom is 0.286 e. The first-order valence-corrected chi connectivity index (χ1v) is 9.58. The Balaban J connectivity index is 1.92. The molecular weight excluding hydrogens is 384 g/mol. The number of hydrogen-bond donors (Lipinski definition) is 0. The van der Waals surface area contributed by atoms with Crippen molar-refractivity contribution in [2.75, 3.05) is 0 Å². The zero-order chi connectivity index (χ0) is 19.1. The molecule has 4 rings (SSSR count). The van der Waals surface area contributed by atoms with Crippen molar-refractivity contribution in [2.24, 2.45) is 4.99 Å². The molecule has 2 aromatic carbocycles. The highest BCUT2D eigenvalue weighted by Crippen LogP contribution is 2.25. The summed E-state index contributed by atoms with van der Waals surface area (Å²) >= 11 is 7.52. The second-order valence-electron chi connectivity index (χ2n) is 6.09. The topological polar surface area (TPSA) is 64.6 Å². The Morgan fingerprint density at radius 1 is 1.30 bits per heavy atom. The maximum atomic E-state index is 12.7. The molecule has 0 bridgehead atoms. The fourth-order valence-corrected chi connectivity index (χ4v) is 4.67. The summed E-state index contributed by atoms with van der Waals surface area (Å²) in [4.78, 5) is 30.1. The third-order valence-electron chi connectivity index (χ3n) is 4.36. The zero-order valence-electron chi connectivity index (χ0n) is 14.7. The molecule has 0 N–H and O–H groups in total. The van der Waals surface area contributed by atoms with E-state index >= 15 is 0 Å². The van der Waals surface area contributed by atoms with Crippen LogP contribution in [0, 0.1) is 6.92 Å². The van der Waals surface area contributed by atoms with Gasteiger partial charge >= 0.3 is 0 Å². The van der Waals surface area contributed by atoms with Crippen LogP contribution in [0.1, 0.15) is 22.8 Å². The van der Waals surface area contributed by atoms with E-state index in [4.69, 9.17) is 16.0 Å². The minimum atomic E-state index is -0.619. The standard InChI is InChI=1S/C20H15ClN2O3S/c1-3-23-17-11(2)8-12(21)9-16(17)27-20(23)22-19(25)14-10-26-15-7-5-4-6-13(15)18(14)24/h4-10H,3H2,1-2H3. The van der Waals surface area contributed by atoms with Crippen LogP contribution in [-0.4, -0.2) is 10.5 Å². The molecule has 2 heterocycles. The van der Waals surface area contributed by atoms with E-state index in [2.05, 4.69) is 4.99 Å². The minimum absolute atomic E-state index is 0.0800. The van der Waals surface area contributed by atoms with Crippen LogP contribution in [0.4, 0.5) is 0 Å². The molecule has 0 fully saturated rings. The van der Waals surface area contributed by atoms with Crippen molar-refractivity contribution in [1.29, 1.82) is 0 Å². The molecule has 0 saturated carbocycles. The molecule has 0 spiro atoms. The normalized spacial score (nSPS) is 12.2. The second kappa shape index (κ2) is 6.79. The Morgan fingerprint density at radius 3 is 2.85 bits per heavy atom. The van der Waals surface area contributed by atoms with Gasteiger partial charge in [0.05, 0.1) is 15.6 Å². The van der Waals surface area contributed by atoms with Gasteiger partial charge in [-0.2, -0.15) is 4.99 Å². The van der Waals surface area contributed by atoms with Gasteiger partial charge in [0.2, 0.25) is 5.43 Å².